The van der Waals surface area contributed by atoms with Crippen molar-refractivity contribution in [3.63, 3.8) is 0 Å². The molecule has 0 spiro atoms. The summed E-state index contributed by atoms with van der Waals surface area (Å²) in [4.78, 5) is 0. The van der Waals surface area contributed by atoms with Crippen molar-refractivity contribution in [3.05, 3.63) is 35.4 Å². The van der Waals surface area contributed by atoms with Gasteiger partial charge in [0, 0.05) is 5.54 Å². The van der Waals surface area contributed by atoms with E-state index in [-0.39, 0.29) is 21.8 Å². The van der Waals surface area contributed by atoms with Gasteiger partial charge in [-0.05, 0) is 122 Å². The van der Waals surface area contributed by atoms with Gasteiger partial charge in [0.2, 0.25) is 0 Å². The first-order valence-electron chi connectivity index (χ1n) is 18.5. The summed E-state index contributed by atoms with van der Waals surface area (Å²) in [5, 5.41) is 3.24. The minimum atomic E-state index is -0.0617. The van der Waals surface area contributed by atoms with E-state index in [1.165, 1.54) is 88.2 Å². The van der Waals surface area contributed by atoms with Gasteiger partial charge in [0.15, 0.2) is 0 Å². The quantitative estimate of drug-likeness (QED) is 0.150. The van der Waals surface area contributed by atoms with Gasteiger partial charge in [0.1, 0.15) is 0 Å². The number of benzene rings is 1. The van der Waals surface area contributed by atoms with Crippen molar-refractivity contribution >= 4 is 9.39 Å². The minimum Gasteiger partial charge on any atom is -0.330 e. The molecular weight excluding hydrogens is 553 g/mol. The summed E-state index contributed by atoms with van der Waals surface area (Å²) in [6.07, 6.45) is 15.4. The van der Waals surface area contributed by atoms with Gasteiger partial charge in [-0.3, -0.25) is 0 Å². The van der Waals surface area contributed by atoms with Crippen LogP contribution in [-0.4, -0.2) is 18.6 Å². The molecule has 0 aliphatic heterocycles. The number of rotatable bonds is 13. The zero-order chi connectivity index (χ0) is 33.4. The lowest BCUT2D eigenvalue weighted by atomic mass is 9.51. The highest BCUT2D eigenvalue weighted by molar-refractivity contribution is 7.13. The van der Waals surface area contributed by atoms with Crippen molar-refractivity contribution < 1.29 is 0 Å². The molecule has 4 heteroatoms. The number of aryl methyl sites for hydroxylation is 1. The third-order valence-corrected chi connectivity index (χ3v) is 13.5. The highest BCUT2D eigenvalue weighted by Crippen LogP contribution is 2.64. The molecule has 2 aliphatic carbocycles. The van der Waals surface area contributed by atoms with Crippen molar-refractivity contribution in [2.45, 2.75) is 164 Å². The van der Waals surface area contributed by atoms with Crippen LogP contribution in [0.4, 0.5) is 0 Å². The van der Waals surface area contributed by atoms with Crippen molar-refractivity contribution in [1.29, 1.82) is 0 Å². The van der Waals surface area contributed by atoms with Crippen LogP contribution in [-0.2, 0) is 5.41 Å². The van der Waals surface area contributed by atoms with E-state index in [0.717, 1.165) is 24.9 Å². The molecule has 5 N–H and O–H groups in total. The molecule has 1 aromatic carbocycles. The number of nitrogens with one attached hydrogen (secondary N) is 1. The van der Waals surface area contributed by atoms with Gasteiger partial charge in [-0.2, -0.15) is 0 Å². The molecule has 256 valence electrons. The van der Waals surface area contributed by atoms with E-state index in [1.807, 2.05) is 0 Å². The maximum atomic E-state index is 7.42. The normalized spacial score (nSPS) is 31.7. The molecule has 2 saturated carbocycles. The lowest BCUT2D eigenvalue weighted by Gasteiger charge is -2.56. The maximum Gasteiger partial charge on any atom is 0.0237 e. The van der Waals surface area contributed by atoms with E-state index < -0.39 is 0 Å². The van der Waals surface area contributed by atoms with Gasteiger partial charge < -0.3 is 16.6 Å². The van der Waals surface area contributed by atoms with E-state index in [0.29, 0.717) is 17.3 Å². The van der Waals surface area contributed by atoms with Crippen LogP contribution in [0.2, 0.25) is 0 Å². The molecule has 0 aromatic heterocycles. The maximum absolute atomic E-state index is 7.42. The molecule has 1 aromatic rings. The largest absolute Gasteiger partial charge is 0.330 e. The predicted molar refractivity (Wildman–Crippen MR) is 200 cm³/mol. The highest BCUT2D eigenvalue weighted by atomic mass is 31.0. The van der Waals surface area contributed by atoms with Crippen LogP contribution in [0.25, 0.3) is 0 Å². The molecule has 3 rings (SSSR count). The summed E-state index contributed by atoms with van der Waals surface area (Å²) < 4.78 is 0. The first kappa shape index (κ1) is 39.7. The lowest BCUT2D eigenvalue weighted by molar-refractivity contribution is -0.0376. The number of nitrogens with two attached hydrogens (primary N) is 2. The molecule has 6 unspecified atom stereocenters. The molecule has 2 fully saturated rings. The van der Waals surface area contributed by atoms with Crippen LogP contribution < -0.4 is 16.6 Å². The number of hydrogen-bond acceptors (Lipinski definition) is 3. The summed E-state index contributed by atoms with van der Waals surface area (Å²) in [7, 11) is 2.64. The Balaban J connectivity index is 0.000000514. The molecule has 0 amide bonds. The third-order valence-electron chi connectivity index (χ3n) is 13.2. The fraction of sp³-hybridized carbons (Fsp3) is 0.850. The molecular formula is C40H76N3P. The fourth-order valence-corrected chi connectivity index (χ4v) is 10.0. The monoisotopic (exact) mass is 630 g/mol. The second kappa shape index (κ2) is 16.6. The molecule has 44 heavy (non-hydrogen) atoms. The average Bonchev–Trinajstić information content (AvgIpc) is 3.23. The molecule has 0 radical (unpaired) electrons. The van der Waals surface area contributed by atoms with Crippen LogP contribution in [0.3, 0.4) is 0 Å². The third kappa shape index (κ3) is 8.90. The van der Waals surface area contributed by atoms with Crippen molar-refractivity contribution in [2.75, 3.05) is 13.1 Å². The van der Waals surface area contributed by atoms with E-state index in [1.54, 1.807) is 0 Å². The van der Waals surface area contributed by atoms with Gasteiger partial charge in [-0.25, -0.2) is 0 Å². The van der Waals surface area contributed by atoms with Crippen molar-refractivity contribution in [1.82, 2.24) is 5.09 Å². The van der Waals surface area contributed by atoms with Crippen LogP contribution in [0.1, 0.15) is 157 Å². The zero-order valence-electron chi connectivity index (χ0n) is 31.3. The first-order chi connectivity index (χ1) is 20.5. The van der Waals surface area contributed by atoms with Crippen LogP contribution in [0.15, 0.2) is 24.3 Å². The van der Waals surface area contributed by atoms with Crippen LogP contribution >= 0.6 is 9.39 Å². The molecule has 0 saturated heterocycles. The summed E-state index contributed by atoms with van der Waals surface area (Å²) in [6.45, 7) is 28.0. The molecule has 0 bridgehead atoms. The fourth-order valence-electron chi connectivity index (χ4n) is 9.80. The summed E-state index contributed by atoms with van der Waals surface area (Å²) >= 11 is 0. The van der Waals surface area contributed by atoms with E-state index in [2.05, 4.69) is 115 Å². The Labute approximate surface area is 277 Å². The SMILES string of the molecule is CCCC1(C)C(CCCCNP)CCC1(CN)C(C)C[C@H](CC)C1(N)C[C@H](C)CCC1(C)C.Cc1ccc(C(C)(C)C)cc1. The van der Waals surface area contributed by atoms with E-state index in [4.69, 9.17) is 11.5 Å². The smallest absolute Gasteiger partial charge is 0.0237 e. The predicted octanol–water partition coefficient (Wildman–Crippen LogP) is 10.6. The standard InChI is InChI=1S/C29H60N3P.C11H16/c1-8-15-27(7)25(12-10-11-18-32-33)14-17-28(27,21-30)23(4)19-24(9-2)29(31)20-22(3)13-16-26(29,5)6;1-9-5-7-10(8-6-9)11(2,3)4/h22-25,32H,8-21,30-31,33H2,1-7H3;5-8H,1-4H3/t22-,23?,24+,25?,27?,28?,29?;/m1./s1. The Morgan fingerprint density at radius 1 is 1.02 bits per heavy atom. The summed E-state index contributed by atoms with van der Waals surface area (Å²) in [5.74, 6) is 2.75. The van der Waals surface area contributed by atoms with Gasteiger partial charge >= 0.3 is 0 Å². The second-order valence-electron chi connectivity index (χ2n) is 17.3. The Kier molecular flexibility index (Phi) is 15.0. The van der Waals surface area contributed by atoms with Crippen molar-refractivity contribution in [2.24, 2.45) is 51.4 Å². The number of hydrogen-bond donors (Lipinski definition) is 3. The summed E-state index contributed by atoms with van der Waals surface area (Å²) in [6, 6.07) is 8.74. The Morgan fingerprint density at radius 3 is 2.18 bits per heavy atom. The van der Waals surface area contributed by atoms with Gasteiger partial charge in [-0.1, -0.05) is 134 Å². The second-order valence-corrected chi connectivity index (χ2v) is 17.8. The van der Waals surface area contributed by atoms with Gasteiger partial charge in [0.25, 0.3) is 0 Å². The topological polar surface area (TPSA) is 64.1 Å². The number of unbranched alkanes of at least 4 members (excludes halogenated alkanes) is 1. The van der Waals surface area contributed by atoms with Crippen LogP contribution in [0.5, 0.6) is 0 Å². The first-order valence-corrected chi connectivity index (χ1v) is 19.0. The van der Waals surface area contributed by atoms with Gasteiger partial charge in [-0.15, -0.1) is 0 Å². The molecule has 8 atom stereocenters. The molecule has 0 heterocycles. The zero-order valence-corrected chi connectivity index (χ0v) is 32.4. The lowest BCUT2D eigenvalue weighted by Crippen LogP contribution is -2.61. The molecule has 2 aliphatic rings. The van der Waals surface area contributed by atoms with Crippen molar-refractivity contribution in [3.8, 4) is 0 Å². The van der Waals surface area contributed by atoms with E-state index >= 15 is 0 Å². The average molecular weight is 630 g/mol. The van der Waals surface area contributed by atoms with Crippen LogP contribution in [0, 0.1) is 46.8 Å². The van der Waals surface area contributed by atoms with E-state index in [9.17, 15) is 0 Å². The summed E-state index contributed by atoms with van der Waals surface area (Å²) in [5.41, 5.74) is 18.0. The Morgan fingerprint density at radius 2 is 1.66 bits per heavy atom. The Hall–Kier alpha value is -0.470. The highest BCUT2D eigenvalue weighted by Gasteiger charge is 2.59. The molecule has 3 nitrogen and oxygen atoms in total. The minimum absolute atomic E-state index is 0.0617. The Bertz CT molecular complexity index is 968. The van der Waals surface area contributed by atoms with Gasteiger partial charge in [0.05, 0.1) is 0 Å².